The van der Waals surface area contributed by atoms with Crippen LogP contribution in [0.4, 0.5) is 0 Å². The summed E-state index contributed by atoms with van der Waals surface area (Å²) in [6.45, 7) is 3.48. The van der Waals surface area contributed by atoms with Crippen molar-refractivity contribution >= 4 is 28.9 Å². The predicted octanol–water partition coefficient (Wildman–Crippen LogP) is 3.26. The van der Waals surface area contributed by atoms with Crippen molar-refractivity contribution in [2.75, 3.05) is 21.3 Å². The smallest absolute Gasteiger partial charge is 0.308 e. The molecule has 0 saturated carbocycles. The number of fused-ring (bicyclic) bond motifs is 1. The Labute approximate surface area is 199 Å². The van der Waals surface area contributed by atoms with Crippen LogP contribution in [0.2, 0.25) is 0 Å². The summed E-state index contributed by atoms with van der Waals surface area (Å²) in [7, 11) is 3.95. The maximum atomic E-state index is 13.4. The average Bonchev–Trinajstić information content (AvgIpc) is 2.78. The number of hydrogen-bond acceptors (Lipinski definition) is 11. The molecule has 1 aromatic heterocycles. The molecule has 0 bridgehead atoms. The summed E-state index contributed by atoms with van der Waals surface area (Å²) in [6.07, 6.45) is 0. The zero-order valence-electron chi connectivity index (χ0n) is 19.8. The van der Waals surface area contributed by atoms with E-state index in [4.69, 9.17) is 32.8 Å². The summed E-state index contributed by atoms with van der Waals surface area (Å²) < 4.78 is 37.6. The fourth-order valence-electron chi connectivity index (χ4n) is 3.33. The third kappa shape index (κ3) is 5.03. The molecule has 0 unspecified atom stereocenters. The van der Waals surface area contributed by atoms with E-state index < -0.39 is 23.3 Å². The summed E-state index contributed by atoms with van der Waals surface area (Å²) in [5.41, 5.74) is -0.647. The number of rotatable bonds is 7. The minimum absolute atomic E-state index is 0.0139. The van der Waals surface area contributed by atoms with Gasteiger partial charge in [-0.2, -0.15) is 0 Å². The van der Waals surface area contributed by atoms with Crippen molar-refractivity contribution in [1.82, 2.24) is 0 Å². The molecule has 0 aliphatic heterocycles. The quantitative estimate of drug-likeness (QED) is 0.359. The van der Waals surface area contributed by atoms with Crippen molar-refractivity contribution in [1.29, 1.82) is 0 Å². The van der Waals surface area contributed by atoms with Crippen molar-refractivity contribution in [3.63, 3.8) is 0 Å². The first kappa shape index (κ1) is 25.1. The summed E-state index contributed by atoms with van der Waals surface area (Å²) in [4.78, 5) is 48.7. The zero-order chi connectivity index (χ0) is 25.9. The summed E-state index contributed by atoms with van der Waals surface area (Å²) >= 11 is 0. The van der Waals surface area contributed by atoms with E-state index in [9.17, 15) is 19.2 Å². The van der Waals surface area contributed by atoms with Gasteiger partial charge in [0.15, 0.2) is 17.3 Å². The van der Waals surface area contributed by atoms with Crippen LogP contribution in [0.15, 0.2) is 33.5 Å². The lowest BCUT2D eigenvalue weighted by molar-refractivity contribution is -0.134. The molecule has 3 aromatic rings. The van der Waals surface area contributed by atoms with Crippen LogP contribution >= 0.6 is 0 Å². The van der Waals surface area contributed by atoms with Crippen LogP contribution in [-0.4, -0.2) is 39.2 Å². The SMILES string of the molecule is COc1cc(OC(C)=O)c2c(=O)c(OC)c(-c3ccc(OC)c(OC(C)=O)c3OC(C)=O)oc2c1. The highest BCUT2D eigenvalue weighted by atomic mass is 16.6. The number of esters is 3. The van der Waals surface area contributed by atoms with E-state index in [-0.39, 0.29) is 56.8 Å². The van der Waals surface area contributed by atoms with Gasteiger partial charge in [0.1, 0.15) is 22.5 Å². The van der Waals surface area contributed by atoms with Gasteiger partial charge in [-0.05, 0) is 12.1 Å². The summed E-state index contributed by atoms with van der Waals surface area (Å²) in [5, 5.41) is -0.0793. The number of ether oxygens (including phenoxy) is 6. The molecule has 0 amide bonds. The third-order valence-corrected chi connectivity index (χ3v) is 4.62. The Morgan fingerprint density at radius 3 is 1.89 bits per heavy atom. The number of carbonyl (C=O) groups excluding carboxylic acids is 3. The molecule has 11 heteroatoms. The molecule has 0 aliphatic carbocycles. The van der Waals surface area contributed by atoms with Gasteiger partial charge in [0.25, 0.3) is 0 Å². The van der Waals surface area contributed by atoms with Gasteiger partial charge in [-0.25, -0.2) is 0 Å². The minimum Gasteiger partial charge on any atom is -0.496 e. The van der Waals surface area contributed by atoms with E-state index in [1.165, 1.54) is 52.5 Å². The largest absolute Gasteiger partial charge is 0.496 e. The topological polar surface area (TPSA) is 137 Å². The van der Waals surface area contributed by atoms with E-state index in [0.29, 0.717) is 0 Å². The van der Waals surface area contributed by atoms with Crippen molar-refractivity contribution in [2.45, 2.75) is 20.8 Å². The van der Waals surface area contributed by atoms with Crippen molar-refractivity contribution < 1.29 is 47.2 Å². The fraction of sp³-hybridized carbons (Fsp3) is 0.250. The van der Waals surface area contributed by atoms with E-state index >= 15 is 0 Å². The standard InChI is InChI=1S/C24H22O11/c1-11(25)32-17-9-14(29-4)10-18-19(17)20(28)24(31-6)22(35-18)15-7-8-16(30-5)23(34-13(3)27)21(15)33-12(2)26/h7-10H,1-6H3. The zero-order valence-corrected chi connectivity index (χ0v) is 19.8. The molecule has 184 valence electrons. The monoisotopic (exact) mass is 486 g/mol. The van der Waals surface area contributed by atoms with E-state index in [1.807, 2.05) is 0 Å². The van der Waals surface area contributed by atoms with Crippen molar-refractivity contribution in [3.05, 3.63) is 34.5 Å². The van der Waals surface area contributed by atoms with Gasteiger partial charge in [0.2, 0.25) is 16.9 Å². The van der Waals surface area contributed by atoms with Gasteiger partial charge in [-0.1, -0.05) is 0 Å². The van der Waals surface area contributed by atoms with Crippen LogP contribution in [0.1, 0.15) is 20.8 Å². The Hall–Kier alpha value is -4.54. The van der Waals surface area contributed by atoms with Crippen LogP contribution in [-0.2, 0) is 14.4 Å². The van der Waals surface area contributed by atoms with E-state index in [1.54, 1.807) is 0 Å². The van der Waals surface area contributed by atoms with Crippen LogP contribution in [0.3, 0.4) is 0 Å². The van der Waals surface area contributed by atoms with Gasteiger partial charge < -0.3 is 32.8 Å². The highest BCUT2D eigenvalue weighted by Gasteiger charge is 2.28. The molecular formula is C24H22O11. The molecule has 35 heavy (non-hydrogen) atoms. The first-order chi connectivity index (χ1) is 16.6. The molecule has 0 aliphatic rings. The van der Waals surface area contributed by atoms with Gasteiger partial charge in [0, 0.05) is 32.9 Å². The third-order valence-electron chi connectivity index (χ3n) is 4.62. The number of methoxy groups -OCH3 is 3. The molecule has 0 radical (unpaired) electrons. The Bertz CT molecular complexity index is 1380. The van der Waals surface area contributed by atoms with Gasteiger partial charge in [-0.15, -0.1) is 0 Å². The normalized spacial score (nSPS) is 10.5. The van der Waals surface area contributed by atoms with Crippen LogP contribution in [0.25, 0.3) is 22.3 Å². The lowest BCUT2D eigenvalue weighted by Crippen LogP contribution is -2.12. The second-order valence-electron chi connectivity index (χ2n) is 7.05. The number of carbonyl (C=O) groups is 3. The Morgan fingerprint density at radius 1 is 0.714 bits per heavy atom. The predicted molar refractivity (Wildman–Crippen MR) is 122 cm³/mol. The van der Waals surface area contributed by atoms with Gasteiger partial charge in [-0.3, -0.25) is 19.2 Å². The molecule has 0 N–H and O–H groups in total. The Kier molecular flexibility index (Phi) is 7.28. The highest BCUT2D eigenvalue weighted by Crippen LogP contribution is 2.47. The molecular weight excluding hydrogens is 464 g/mol. The fourth-order valence-corrected chi connectivity index (χ4v) is 3.33. The lowest BCUT2D eigenvalue weighted by Gasteiger charge is -2.17. The molecule has 2 aromatic carbocycles. The van der Waals surface area contributed by atoms with Gasteiger partial charge in [0.05, 0.1) is 26.9 Å². The molecule has 1 heterocycles. The number of benzene rings is 2. The minimum atomic E-state index is -0.742. The maximum Gasteiger partial charge on any atom is 0.308 e. The molecule has 0 saturated heterocycles. The van der Waals surface area contributed by atoms with Crippen LogP contribution in [0.5, 0.6) is 34.5 Å². The average molecular weight is 486 g/mol. The van der Waals surface area contributed by atoms with Crippen LogP contribution in [0, 0.1) is 0 Å². The Balaban J connectivity index is 2.46. The molecule has 3 rings (SSSR count). The second-order valence-corrected chi connectivity index (χ2v) is 7.05. The molecule has 11 nitrogen and oxygen atoms in total. The number of hydrogen-bond donors (Lipinski definition) is 0. The summed E-state index contributed by atoms with van der Waals surface area (Å²) in [5.74, 6) is -2.78. The first-order valence-electron chi connectivity index (χ1n) is 10.1. The van der Waals surface area contributed by atoms with E-state index in [2.05, 4.69) is 0 Å². The van der Waals surface area contributed by atoms with Gasteiger partial charge >= 0.3 is 17.9 Å². The molecule has 0 fully saturated rings. The highest BCUT2D eigenvalue weighted by molar-refractivity contribution is 5.92. The molecule has 0 atom stereocenters. The van der Waals surface area contributed by atoms with E-state index in [0.717, 1.165) is 13.8 Å². The first-order valence-corrected chi connectivity index (χ1v) is 10.1. The summed E-state index contributed by atoms with van der Waals surface area (Å²) in [6, 6.07) is 5.63. The maximum absolute atomic E-state index is 13.4. The molecule has 0 spiro atoms. The second kappa shape index (κ2) is 10.2. The lowest BCUT2D eigenvalue weighted by atomic mass is 10.1. The van der Waals surface area contributed by atoms with Crippen molar-refractivity contribution in [3.8, 4) is 45.8 Å². The van der Waals surface area contributed by atoms with Crippen LogP contribution < -0.4 is 33.8 Å². The van der Waals surface area contributed by atoms with Crippen molar-refractivity contribution in [2.24, 2.45) is 0 Å². The Morgan fingerprint density at radius 2 is 1.34 bits per heavy atom.